The minimum absolute atomic E-state index is 0.160. The maximum Gasteiger partial charge on any atom is 0.292 e. The summed E-state index contributed by atoms with van der Waals surface area (Å²) >= 11 is 6.08. The highest BCUT2D eigenvalue weighted by atomic mass is 35.5. The summed E-state index contributed by atoms with van der Waals surface area (Å²) in [5.41, 5.74) is 8.88. The van der Waals surface area contributed by atoms with Crippen LogP contribution in [0, 0.1) is 13.8 Å². The van der Waals surface area contributed by atoms with Crippen LogP contribution in [-0.2, 0) is 23.6 Å². The van der Waals surface area contributed by atoms with Gasteiger partial charge in [-0.15, -0.1) is 0 Å². The van der Waals surface area contributed by atoms with Gasteiger partial charge in [0.15, 0.2) is 11.5 Å². The van der Waals surface area contributed by atoms with E-state index >= 15 is 0 Å². The number of aromatic nitrogens is 5. The zero-order chi connectivity index (χ0) is 35.6. The maximum absolute atomic E-state index is 13.5. The number of H-pyrrole nitrogens is 1. The Hall–Kier alpha value is -5.23. The lowest BCUT2D eigenvalue weighted by Crippen LogP contribution is -2.33. The number of imidazole rings is 1. The molecule has 3 aliphatic heterocycles. The number of benzene rings is 3. The first-order valence-corrected chi connectivity index (χ1v) is 18.0. The number of carbonyl (C=O) groups is 1. The summed E-state index contributed by atoms with van der Waals surface area (Å²) in [4.78, 5) is 25.4. The second kappa shape index (κ2) is 12.8. The number of hydrogen-bond acceptors (Lipinski definition) is 8. The van der Waals surface area contributed by atoms with E-state index in [9.17, 15) is 4.79 Å². The van der Waals surface area contributed by atoms with Gasteiger partial charge in [0.25, 0.3) is 11.7 Å². The quantitative estimate of drug-likeness (QED) is 0.166. The summed E-state index contributed by atoms with van der Waals surface area (Å²) in [6.07, 6.45) is 5.90. The Kier molecular flexibility index (Phi) is 8.02. The SMILES string of the molecule is Cc1n[nH]c2c(C)cc(NC(=O)c3ccc4c(c3)nc(CN3CC=C(c5cccc6c5O[C@@](C)(c5ccc(Cl)cn5)O6)CC3)n4C[C@@H]3CCO3)cc12. The van der Waals surface area contributed by atoms with Gasteiger partial charge in [0, 0.05) is 55.0 Å². The monoisotopic (exact) mass is 715 g/mol. The summed E-state index contributed by atoms with van der Waals surface area (Å²) in [5, 5.41) is 12.0. The number of rotatable bonds is 8. The fourth-order valence-electron chi connectivity index (χ4n) is 7.40. The third kappa shape index (κ3) is 5.88. The first kappa shape index (κ1) is 32.7. The Labute approximate surface area is 305 Å². The Morgan fingerprint density at radius 1 is 1.12 bits per heavy atom. The third-order valence-electron chi connectivity index (χ3n) is 10.4. The summed E-state index contributed by atoms with van der Waals surface area (Å²) in [6, 6.07) is 19.3. The standard InChI is InChI=1S/C40H38ClN7O4/c1-23-17-28(19-31-24(2)45-46-37(23)31)43-39(49)26-7-9-33-32(18-26)44-36(48(33)21-29-13-16-50-29)22-47-14-11-25(12-15-47)30-5-4-6-34-38(30)52-40(3,51-34)35-10-8-27(41)20-42-35/h4-11,17-20,29H,12-16,21-22H2,1-3H3,(H,43,49)(H,45,46)/t29-,40-/m0/s1. The number of nitrogens with one attached hydrogen (secondary N) is 2. The van der Waals surface area contributed by atoms with Gasteiger partial charge in [0.1, 0.15) is 11.5 Å². The molecule has 1 saturated heterocycles. The molecule has 6 aromatic rings. The molecule has 3 aliphatic rings. The summed E-state index contributed by atoms with van der Waals surface area (Å²) in [6.45, 7) is 9.63. The topological polar surface area (TPSA) is 119 Å². The molecule has 2 N–H and O–H groups in total. The van der Waals surface area contributed by atoms with Gasteiger partial charge >= 0.3 is 0 Å². The average molecular weight is 716 g/mol. The van der Waals surface area contributed by atoms with E-state index in [-0.39, 0.29) is 12.0 Å². The second-order valence-corrected chi connectivity index (χ2v) is 14.4. The average Bonchev–Trinajstić information content (AvgIpc) is 3.79. The highest BCUT2D eigenvalue weighted by Crippen LogP contribution is 2.48. The van der Waals surface area contributed by atoms with E-state index in [2.05, 4.69) is 42.1 Å². The minimum atomic E-state index is -1.04. The Bertz CT molecular complexity index is 2400. The molecule has 0 aliphatic carbocycles. The molecule has 0 spiro atoms. The molecule has 9 rings (SSSR count). The predicted molar refractivity (Wildman–Crippen MR) is 200 cm³/mol. The fourth-order valence-corrected chi connectivity index (χ4v) is 7.51. The molecule has 1 amide bonds. The summed E-state index contributed by atoms with van der Waals surface area (Å²) in [7, 11) is 0. The molecule has 0 saturated carbocycles. The highest BCUT2D eigenvalue weighted by Gasteiger charge is 2.41. The highest BCUT2D eigenvalue weighted by molar-refractivity contribution is 6.30. The third-order valence-corrected chi connectivity index (χ3v) is 10.6. The van der Waals surface area contributed by atoms with Crippen molar-refractivity contribution in [2.45, 2.75) is 58.6 Å². The molecule has 1 fully saturated rings. The predicted octanol–water partition coefficient (Wildman–Crippen LogP) is 7.55. The van der Waals surface area contributed by atoms with Crippen LogP contribution >= 0.6 is 11.6 Å². The van der Waals surface area contributed by atoms with E-state index in [0.717, 1.165) is 95.1 Å². The lowest BCUT2D eigenvalue weighted by atomic mass is 9.98. The molecule has 6 heterocycles. The van der Waals surface area contributed by atoms with Gasteiger partial charge in [-0.3, -0.25) is 19.8 Å². The lowest BCUT2D eigenvalue weighted by Gasteiger charge is -2.29. The normalized spacial score (nSPS) is 19.9. The van der Waals surface area contributed by atoms with Crippen molar-refractivity contribution in [3.8, 4) is 11.5 Å². The summed E-state index contributed by atoms with van der Waals surface area (Å²) < 4.78 is 20.9. The van der Waals surface area contributed by atoms with Crippen LogP contribution in [0.25, 0.3) is 27.5 Å². The summed E-state index contributed by atoms with van der Waals surface area (Å²) in [5.74, 6) is 1.17. The van der Waals surface area contributed by atoms with Gasteiger partial charge in [0.2, 0.25) is 0 Å². The molecule has 3 aromatic carbocycles. The smallest absolute Gasteiger partial charge is 0.292 e. The molecule has 12 heteroatoms. The van der Waals surface area contributed by atoms with Crippen LogP contribution in [0.1, 0.15) is 58.5 Å². The van der Waals surface area contributed by atoms with E-state index in [1.807, 2.05) is 69.3 Å². The minimum Gasteiger partial charge on any atom is -0.443 e. The maximum atomic E-state index is 13.5. The molecule has 0 unspecified atom stereocenters. The van der Waals surface area contributed by atoms with Crippen molar-refractivity contribution in [3.05, 3.63) is 112 Å². The first-order valence-electron chi connectivity index (χ1n) is 17.6. The van der Waals surface area contributed by atoms with Crippen LogP contribution in [0.5, 0.6) is 11.5 Å². The van der Waals surface area contributed by atoms with E-state index < -0.39 is 5.79 Å². The second-order valence-electron chi connectivity index (χ2n) is 14.0. The Balaban J connectivity index is 0.940. The molecule has 0 radical (unpaired) electrons. The van der Waals surface area contributed by atoms with E-state index in [4.69, 9.17) is 30.8 Å². The van der Waals surface area contributed by atoms with Gasteiger partial charge in [-0.1, -0.05) is 29.8 Å². The number of para-hydroxylation sites is 1. The number of amides is 1. The number of aryl methyl sites for hydroxylation is 2. The van der Waals surface area contributed by atoms with E-state index in [0.29, 0.717) is 28.6 Å². The molecule has 0 bridgehead atoms. The van der Waals surface area contributed by atoms with Gasteiger partial charge in [-0.25, -0.2) is 4.98 Å². The van der Waals surface area contributed by atoms with Crippen molar-refractivity contribution in [2.24, 2.45) is 0 Å². The number of ether oxygens (including phenoxy) is 3. The number of nitrogens with zero attached hydrogens (tertiary/aromatic N) is 5. The molecule has 2 atom stereocenters. The zero-order valence-corrected chi connectivity index (χ0v) is 30.0. The van der Waals surface area contributed by atoms with Gasteiger partial charge in [0.05, 0.1) is 46.5 Å². The lowest BCUT2D eigenvalue weighted by molar-refractivity contribution is -0.0718. The first-order chi connectivity index (χ1) is 25.2. The molecule has 11 nitrogen and oxygen atoms in total. The number of halogens is 1. The van der Waals surface area contributed by atoms with Crippen LogP contribution in [0.3, 0.4) is 0 Å². The van der Waals surface area contributed by atoms with Crippen LogP contribution in [-0.4, -0.2) is 61.3 Å². The molecular formula is C40H38ClN7O4. The number of carbonyl (C=O) groups excluding carboxylic acids is 1. The molecular weight excluding hydrogens is 678 g/mol. The Morgan fingerprint density at radius 3 is 2.77 bits per heavy atom. The molecule has 52 heavy (non-hydrogen) atoms. The van der Waals surface area contributed by atoms with Gasteiger partial charge < -0.3 is 24.1 Å². The van der Waals surface area contributed by atoms with Crippen molar-refractivity contribution in [2.75, 3.05) is 25.0 Å². The fraction of sp³-hybridized carbons (Fsp3) is 0.300. The van der Waals surface area contributed by atoms with Crippen LogP contribution in [0.15, 0.2) is 72.9 Å². The van der Waals surface area contributed by atoms with Gasteiger partial charge in [-0.2, -0.15) is 5.10 Å². The molecule has 264 valence electrons. The van der Waals surface area contributed by atoms with E-state index in [1.165, 1.54) is 5.57 Å². The number of pyridine rings is 1. The largest absolute Gasteiger partial charge is 0.443 e. The van der Waals surface area contributed by atoms with Gasteiger partial charge in [-0.05, 0) is 86.4 Å². The number of anilines is 1. The van der Waals surface area contributed by atoms with Crippen LogP contribution in [0.4, 0.5) is 5.69 Å². The number of aromatic amines is 1. The number of hydrogen-bond donors (Lipinski definition) is 2. The Morgan fingerprint density at radius 2 is 2.00 bits per heavy atom. The van der Waals surface area contributed by atoms with Crippen molar-refractivity contribution in [3.63, 3.8) is 0 Å². The van der Waals surface area contributed by atoms with Crippen molar-refractivity contribution in [1.82, 2.24) is 29.6 Å². The number of fused-ring (bicyclic) bond motifs is 3. The van der Waals surface area contributed by atoms with E-state index in [1.54, 1.807) is 12.3 Å². The van der Waals surface area contributed by atoms with Crippen LogP contribution in [0.2, 0.25) is 5.02 Å². The van der Waals surface area contributed by atoms with Crippen molar-refractivity contribution in [1.29, 1.82) is 0 Å². The molecule has 3 aromatic heterocycles. The van der Waals surface area contributed by atoms with Crippen molar-refractivity contribution >= 4 is 50.7 Å². The van der Waals surface area contributed by atoms with Crippen LogP contribution < -0.4 is 14.8 Å². The zero-order valence-electron chi connectivity index (χ0n) is 29.2. The van der Waals surface area contributed by atoms with Crippen molar-refractivity contribution < 1.29 is 19.0 Å².